The summed E-state index contributed by atoms with van der Waals surface area (Å²) in [6.45, 7) is 0.161. The molecule has 0 bridgehead atoms. The van der Waals surface area contributed by atoms with E-state index in [1.165, 1.54) is 23.1 Å². The number of carbonyl (C=O) groups excluding carboxylic acids is 1. The van der Waals surface area contributed by atoms with Gasteiger partial charge in [-0.15, -0.1) is 0 Å². The molecule has 1 aromatic carbocycles. The van der Waals surface area contributed by atoms with E-state index in [1.54, 1.807) is 0 Å². The van der Waals surface area contributed by atoms with Crippen LogP contribution in [-0.2, 0) is 9.84 Å². The molecule has 1 aliphatic rings. The lowest BCUT2D eigenvalue weighted by Crippen LogP contribution is -2.45. The van der Waals surface area contributed by atoms with E-state index in [0.717, 1.165) is 0 Å². The van der Waals surface area contributed by atoms with Gasteiger partial charge in [-0.1, -0.05) is 11.6 Å². The number of carbonyl (C=O) groups is 2. The van der Waals surface area contributed by atoms with Crippen LogP contribution in [0.2, 0.25) is 5.02 Å². The summed E-state index contributed by atoms with van der Waals surface area (Å²) in [6, 6.07) is 3.49. The number of aromatic carboxylic acids is 1. The van der Waals surface area contributed by atoms with E-state index >= 15 is 0 Å². The number of anilines is 1. The number of sulfone groups is 1. The topological polar surface area (TPSA) is 104 Å². The lowest BCUT2D eigenvalue weighted by Gasteiger charge is -2.27. The second-order valence-electron chi connectivity index (χ2n) is 4.56. The fourth-order valence-corrected chi connectivity index (χ4v) is 3.29. The Labute approximate surface area is 126 Å². The molecule has 0 spiro atoms. The highest BCUT2D eigenvalue weighted by molar-refractivity contribution is 7.91. The SMILES string of the molecule is O=C(O)c1ccc(Cl)cc1NC(=O)N1CCS(=O)(=O)CC1. The van der Waals surface area contributed by atoms with Crippen LogP contribution in [0.4, 0.5) is 10.5 Å². The highest BCUT2D eigenvalue weighted by Gasteiger charge is 2.25. The molecule has 1 heterocycles. The number of nitrogens with zero attached hydrogens (tertiary/aromatic N) is 1. The normalized spacial score (nSPS) is 17.3. The third-order valence-electron chi connectivity index (χ3n) is 3.09. The predicted molar refractivity (Wildman–Crippen MR) is 77.7 cm³/mol. The Morgan fingerprint density at radius 3 is 2.43 bits per heavy atom. The van der Waals surface area contributed by atoms with Crippen molar-refractivity contribution >= 4 is 39.1 Å². The Hall–Kier alpha value is -1.80. The van der Waals surface area contributed by atoms with E-state index in [-0.39, 0.29) is 40.9 Å². The minimum Gasteiger partial charge on any atom is -0.478 e. The van der Waals surface area contributed by atoms with Crippen molar-refractivity contribution in [2.24, 2.45) is 0 Å². The molecule has 1 aromatic rings. The van der Waals surface area contributed by atoms with Crippen LogP contribution in [0, 0.1) is 0 Å². The maximum absolute atomic E-state index is 12.0. The van der Waals surface area contributed by atoms with E-state index in [0.29, 0.717) is 0 Å². The van der Waals surface area contributed by atoms with Gasteiger partial charge in [-0.3, -0.25) is 0 Å². The average molecular weight is 333 g/mol. The molecular formula is C12H13ClN2O5S. The van der Waals surface area contributed by atoms with Crippen LogP contribution in [0.1, 0.15) is 10.4 Å². The number of amides is 2. The van der Waals surface area contributed by atoms with Crippen LogP contribution in [0.15, 0.2) is 18.2 Å². The summed E-state index contributed by atoms with van der Waals surface area (Å²) in [5.41, 5.74) is -0.00851. The summed E-state index contributed by atoms with van der Waals surface area (Å²) in [7, 11) is -3.09. The number of halogens is 1. The zero-order valence-electron chi connectivity index (χ0n) is 10.9. The lowest BCUT2D eigenvalue weighted by atomic mass is 10.2. The first kappa shape index (κ1) is 15.6. The molecule has 2 rings (SSSR count). The van der Waals surface area contributed by atoms with Crippen molar-refractivity contribution < 1.29 is 23.1 Å². The van der Waals surface area contributed by atoms with Crippen LogP contribution in [0.3, 0.4) is 0 Å². The average Bonchev–Trinajstić information content (AvgIpc) is 2.38. The molecule has 2 amide bonds. The van der Waals surface area contributed by atoms with Gasteiger partial charge < -0.3 is 15.3 Å². The van der Waals surface area contributed by atoms with E-state index < -0.39 is 21.8 Å². The highest BCUT2D eigenvalue weighted by Crippen LogP contribution is 2.22. The van der Waals surface area contributed by atoms with Gasteiger partial charge in [0.05, 0.1) is 22.8 Å². The predicted octanol–water partition coefficient (Wildman–Crippen LogP) is 1.30. The van der Waals surface area contributed by atoms with E-state index in [4.69, 9.17) is 16.7 Å². The van der Waals surface area contributed by atoms with Gasteiger partial charge in [0.2, 0.25) is 0 Å². The molecule has 0 radical (unpaired) electrons. The van der Waals surface area contributed by atoms with Crippen LogP contribution in [0.25, 0.3) is 0 Å². The Balaban J connectivity index is 2.13. The second-order valence-corrected chi connectivity index (χ2v) is 7.30. The largest absolute Gasteiger partial charge is 0.478 e. The minimum atomic E-state index is -3.09. The first-order chi connectivity index (χ1) is 9.78. The Kier molecular flexibility index (Phi) is 4.38. The Morgan fingerprint density at radius 1 is 1.24 bits per heavy atom. The summed E-state index contributed by atoms with van der Waals surface area (Å²) >= 11 is 5.79. The summed E-state index contributed by atoms with van der Waals surface area (Å²) in [4.78, 5) is 24.5. The van der Waals surface area contributed by atoms with Crippen LogP contribution in [-0.4, -0.2) is 55.0 Å². The van der Waals surface area contributed by atoms with Crippen LogP contribution >= 0.6 is 11.6 Å². The van der Waals surface area contributed by atoms with Gasteiger partial charge in [0.15, 0.2) is 9.84 Å². The van der Waals surface area contributed by atoms with E-state index in [9.17, 15) is 18.0 Å². The summed E-state index contributed by atoms with van der Waals surface area (Å²) < 4.78 is 22.6. The van der Waals surface area contributed by atoms with Crippen molar-refractivity contribution in [1.82, 2.24) is 4.90 Å². The standard InChI is InChI=1S/C12H13ClN2O5S/c13-8-1-2-9(11(16)17)10(7-8)14-12(18)15-3-5-21(19,20)6-4-15/h1-2,7H,3-6H2,(H,14,18)(H,16,17). The van der Waals surface area contributed by atoms with Crippen molar-refractivity contribution in [2.45, 2.75) is 0 Å². The van der Waals surface area contributed by atoms with Crippen molar-refractivity contribution in [3.05, 3.63) is 28.8 Å². The monoisotopic (exact) mass is 332 g/mol. The van der Waals surface area contributed by atoms with Gasteiger partial charge >= 0.3 is 12.0 Å². The maximum Gasteiger partial charge on any atom is 0.337 e. The number of carboxylic acids is 1. The van der Waals surface area contributed by atoms with Gasteiger partial charge in [-0.05, 0) is 18.2 Å². The molecule has 0 unspecified atom stereocenters. The summed E-state index contributed by atoms with van der Waals surface area (Å²) in [5, 5.41) is 11.8. The molecular weight excluding hydrogens is 320 g/mol. The van der Waals surface area contributed by atoms with Gasteiger partial charge in [0.25, 0.3) is 0 Å². The van der Waals surface area contributed by atoms with Crippen molar-refractivity contribution in [2.75, 3.05) is 29.9 Å². The molecule has 114 valence electrons. The molecule has 7 nitrogen and oxygen atoms in total. The third kappa shape index (κ3) is 3.85. The number of nitrogens with one attached hydrogen (secondary N) is 1. The van der Waals surface area contributed by atoms with Crippen molar-refractivity contribution in [3.8, 4) is 0 Å². The third-order valence-corrected chi connectivity index (χ3v) is 4.93. The number of hydrogen-bond acceptors (Lipinski definition) is 4. The quantitative estimate of drug-likeness (QED) is 0.849. The lowest BCUT2D eigenvalue weighted by molar-refractivity contribution is 0.0698. The van der Waals surface area contributed by atoms with Gasteiger partial charge in [0, 0.05) is 18.1 Å². The molecule has 1 fully saturated rings. The van der Waals surface area contributed by atoms with Crippen LogP contribution < -0.4 is 5.32 Å². The zero-order valence-corrected chi connectivity index (χ0v) is 12.4. The summed E-state index contributed by atoms with van der Waals surface area (Å²) in [6.07, 6.45) is 0. The minimum absolute atomic E-state index is 0.0773. The smallest absolute Gasteiger partial charge is 0.337 e. The number of rotatable bonds is 2. The zero-order chi connectivity index (χ0) is 15.6. The molecule has 21 heavy (non-hydrogen) atoms. The number of carboxylic acid groups (broad SMARTS) is 1. The second kappa shape index (κ2) is 5.90. The molecule has 0 atom stereocenters. The van der Waals surface area contributed by atoms with Crippen molar-refractivity contribution in [1.29, 1.82) is 0 Å². The maximum atomic E-state index is 12.0. The number of hydrogen-bond donors (Lipinski definition) is 2. The molecule has 1 aliphatic heterocycles. The highest BCUT2D eigenvalue weighted by atomic mass is 35.5. The Morgan fingerprint density at radius 2 is 1.86 bits per heavy atom. The molecule has 0 aromatic heterocycles. The molecule has 0 saturated carbocycles. The molecule has 1 saturated heterocycles. The fourth-order valence-electron chi connectivity index (χ4n) is 1.92. The van der Waals surface area contributed by atoms with E-state index in [1.807, 2.05) is 0 Å². The molecule has 0 aliphatic carbocycles. The first-order valence-corrected chi connectivity index (χ1v) is 8.27. The van der Waals surface area contributed by atoms with Gasteiger partial charge in [0.1, 0.15) is 0 Å². The molecule has 9 heteroatoms. The first-order valence-electron chi connectivity index (χ1n) is 6.08. The number of benzene rings is 1. The number of urea groups is 1. The van der Waals surface area contributed by atoms with Crippen LogP contribution in [0.5, 0.6) is 0 Å². The van der Waals surface area contributed by atoms with Gasteiger partial charge in [-0.2, -0.15) is 0 Å². The molecule has 2 N–H and O–H groups in total. The Bertz CT molecular complexity index is 675. The van der Waals surface area contributed by atoms with Gasteiger partial charge in [-0.25, -0.2) is 18.0 Å². The van der Waals surface area contributed by atoms with Crippen molar-refractivity contribution in [3.63, 3.8) is 0 Å². The summed E-state index contributed by atoms with van der Waals surface area (Å²) in [5.74, 6) is -1.38. The van der Waals surface area contributed by atoms with E-state index in [2.05, 4.69) is 5.32 Å². The fraction of sp³-hybridized carbons (Fsp3) is 0.333.